The van der Waals surface area contributed by atoms with Crippen LogP contribution in [0.5, 0.6) is 5.06 Å². The van der Waals surface area contributed by atoms with Crippen molar-refractivity contribution >= 4 is 44.9 Å². The van der Waals surface area contributed by atoms with Crippen LogP contribution in [0.25, 0.3) is 10.1 Å². The number of benzene rings is 1. The van der Waals surface area contributed by atoms with E-state index in [2.05, 4.69) is 11.8 Å². The average molecular weight is 448 g/mol. The SMILES string of the molecule is O=C(O)CCCC#CCN1C(=O)C[C@@H]1C=CC(O)COc1sc2ccccc2c1Cl. The number of thiophene rings is 1. The van der Waals surface area contributed by atoms with Gasteiger partial charge in [0.25, 0.3) is 0 Å². The molecule has 1 fully saturated rings. The van der Waals surface area contributed by atoms with Crippen LogP contribution in [-0.2, 0) is 9.59 Å². The van der Waals surface area contributed by atoms with Crippen molar-refractivity contribution in [3.63, 3.8) is 0 Å². The van der Waals surface area contributed by atoms with Crippen LogP contribution in [0, 0.1) is 11.8 Å². The number of likely N-dealkylation sites (tertiary alicyclic amines) is 1. The molecule has 2 heterocycles. The quantitative estimate of drug-likeness (QED) is 0.265. The molecule has 2 atom stereocenters. The maximum Gasteiger partial charge on any atom is 0.303 e. The van der Waals surface area contributed by atoms with Gasteiger partial charge in [-0.25, -0.2) is 0 Å². The van der Waals surface area contributed by atoms with Gasteiger partial charge in [-0.1, -0.05) is 59.2 Å². The molecule has 30 heavy (non-hydrogen) atoms. The average Bonchev–Trinajstić information content (AvgIpc) is 3.04. The molecule has 0 spiro atoms. The first kappa shape index (κ1) is 22.2. The molecular weight excluding hydrogens is 426 g/mol. The molecular formula is C22H22ClNO5S. The highest BCUT2D eigenvalue weighted by Crippen LogP contribution is 2.41. The summed E-state index contributed by atoms with van der Waals surface area (Å²) in [6.45, 7) is 0.359. The molecule has 0 bridgehead atoms. The lowest BCUT2D eigenvalue weighted by Crippen LogP contribution is -2.51. The number of fused-ring (bicyclic) bond motifs is 1. The summed E-state index contributed by atoms with van der Waals surface area (Å²) in [7, 11) is 0. The third-order valence-corrected chi connectivity index (χ3v) is 6.19. The lowest BCUT2D eigenvalue weighted by Gasteiger charge is -2.37. The fraction of sp³-hybridized carbons (Fsp3) is 0.364. The molecule has 1 aromatic carbocycles. The number of β-lactam (4-membered cyclic amide) rings is 1. The number of carboxylic acid groups (broad SMARTS) is 1. The number of carboxylic acids is 1. The number of carbonyl (C=O) groups excluding carboxylic acids is 1. The molecule has 6 nitrogen and oxygen atoms in total. The van der Waals surface area contributed by atoms with Gasteiger partial charge in [-0.05, 0) is 12.5 Å². The number of ether oxygens (including phenoxy) is 1. The van der Waals surface area contributed by atoms with Crippen molar-refractivity contribution in [2.24, 2.45) is 0 Å². The molecule has 0 saturated carbocycles. The van der Waals surface area contributed by atoms with E-state index in [9.17, 15) is 14.7 Å². The third-order valence-electron chi connectivity index (χ3n) is 4.62. The molecule has 2 N–H and O–H groups in total. The number of rotatable bonds is 9. The van der Waals surface area contributed by atoms with E-state index in [1.165, 1.54) is 11.3 Å². The second kappa shape index (κ2) is 10.5. The number of hydrogen-bond acceptors (Lipinski definition) is 5. The van der Waals surface area contributed by atoms with Crippen molar-refractivity contribution < 1.29 is 24.5 Å². The number of halogens is 1. The normalized spacial score (nSPS) is 16.9. The van der Waals surface area contributed by atoms with Crippen molar-refractivity contribution in [2.75, 3.05) is 13.2 Å². The first-order valence-electron chi connectivity index (χ1n) is 9.59. The van der Waals surface area contributed by atoms with Crippen LogP contribution in [0.4, 0.5) is 0 Å². The molecule has 8 heteroatoms. The minimum atomic E-state index is -0.836. The second-order valence-corrected chi connectivity index (χ2v) is 8.25. The van der Waals surface area contributed by atoms with Crippen molar-refractivity contribution in [3.8, 4) is 16.9 Å². The van der Waals surface area contributed by atoms with Crippen LogP contribution in [0.1, 0.15) is 25.7 Å². The molecule has 0 aliphatic carbocycles. The Balaban J connectivity index is 1.45. The van der Waals surface area contributed by atoms with Crippen LogP contribution in [0.2, 0.25) is 5.02 Å². The molecule has 158 valence electrons. The number of aliphatic carboxylic acids is 1. The summed E-state index contributed by atoms with van der Waals surface area (Å²) in [5.41, 5.74) is 0. The molecule has 0 radical (unpaired) electrons. The van der Waals surface area contributed by atoms with Crippen molar-refractivity contribution in [2.45, 2.75) is 37.8 Å². The Labute approximate surface area is 183 Å². The van der Waals surface area contributed by atoms with Crippen molar-refractivity contribution in [1.82, 2.24) is 4.90 Å². The van der Waals surface area contributed by atoms with Gasteiger partial charge in [-0.3, -0.25) is 9.59 Å². The number of carbonyl (C=O) groups is 2. The first-order valence-corrected chi connectivity index (χ1v) is 10.8. The fourth-order valence-electron chi connectivity index (χ4n) is 2.97. The number of nitrogens with zero attached hydrogens (tertiary/aromatic N) is 1. The van der Waals surface area contributed by atoms with Crippen LogP contribution in [0.3, 0.4) is 0 Å². The Morgan fingerprint density at radius 2 is 2.20 bits per heavy atom. The van der Waals surface area contributed by atoms with Crippen molar-refractivity contribution in [3.05, 3.63) is 41.4 Å². The Morgan fingerprint density at radius 1 is 1.40 bits per heavy atom. The van der Waals surface area contributed by atoms with Gasteiger partial charge < -0.3 is 19.8 Å². The topological polar surface area (TPSA) is 87.1 Å². The van der Waals surface area contributed by atoms with E-state index in [-0.39, 0.29) is 25.0 Å². The maximum absolute atomic E-state index is 11.8. The lowest BCUT2D eigenvalue weighted by atomic mass is 10.0. The molecule has 3 rings (SSSR count). The van der Waals surface area contributed by atoms with Crippen LogP contribution in [-0.4, -0.2) is 52.3 Å². The maximum atomic E-state index is 11.8. The highest BCUT2D eigenvalue weighted by atomic mass is 35.5. The van der Waals surface area contributed by atoms with Crippen LogP contribution in [0.15, 0.2) is 36.4 Å². The molecule has 1 aliphatic heterocycles. The van der Waals surface area contributed by atoms with Gasteiger partial charge in [0.05, 0.1) is 19.0 Å². The molecule has 1 aliphatic rings. The standard InChI is InChI=1S/C22H22ClNO5S/c23-21-17-7-4-5-8-18(17)30-22(21)29-14-16(25)11-10-15-13-19(26)24(15)12-6-2-1-3-9-20(27)28/h4-5,7-8,10-11,15-16,25H,1,3,9,12-14H2,(H,27,28)/t15-,16?/m0/s1. The molecule has 1 aromatic heterocycles. The Kier molecular flexibility index (Phi) is 7.75. The lowest BCUT2D eigenvalue weighted by molar-refractivity contribution is -0.142. The Morgan fingerprint density at radius 3 is 2.93 bits per heavy atom. The predicted octanol–water partition coefficient (Wildman–Crippen LogP) is 3.71. The number of hydrogen-bond donors (Lipinski definition) is 2. The van der Waals surface area contributed by atoms with Gasteiger partial charge in [0, 0.05) is 22.9 Å². The summed E-state index contributed by atoms with van der Waals surface area (Å²) < 4.78 is 6.70. The summed E-state index contributed by atoms with van der Waals surface area (Å²) >= 11 is 7.76. The minimum Gasteiger partial charge on any atom is -0.481 e. The summed E-state index contributed by atoms with van der Waals surface area (Å²) in [5, 5.41) is 20.8. The minimum absolute atomic E-state index is 0.00674. The number of amides is 1. The largest absolute Gasteiger partial charge is 0.481 e. The zero-order valence-corrected chi connectivity index (χ0v) is 17.8. The highest BCUT2D eigenvalue weighted by molar-refractivity contribution is 7.21. The van der Waals surface area contributed by atoms with Gasteiger partial charge in [0.2, 0.25) is 5.91 Å². The van der Waals surface area contributed by atoms with E-state index in [4.69, 9.17) is 21.4 Å². The first-order chi connectivity index (χ1) is 14.5. The predicted molar refractivity (Wildman–Crippen MR) is 117 cm³/mol. The Hall–Kier alpha value is -2.53. The van der Waals surface area contributed by atoms with E-state index in [0.29, 0.717) is 35.9 Å². The summed E-state index contributed by atoms with van der Waals surface area (Å²) in [6.07, 6.45) is 4.04. The van der Waals surface area contributed by atoms with E-state index < -0.39 is 12.1 Å². The Bertz CT molecular complexity index is 1010. The van der Waals surface area contributed by atoms with E-state index in [1.54, 1.807) is 17.1 Å². The molecule has 1 unspecified atom stereocenters. The van der Waals surface area contributed by atoms with Crippen LogP contribution < -0.4 is 4.74 Å². The molecule has 1 saturated heterocycles. The van der Waals surface area contributed by atoms with Crippen molar-refractivity contribution in [1.29, 1.82) is 0 Å². The summed E-state index contributed by atoms with van der Waals surface area (Å²) in [5.74, 6) is 4.96. The number of unbranched alkanes of at least 4 members (excludes halogenated alkanes) is 1. The zero-order valence-electron chi connectivity index (χ0n) is 16.2. The second-order valence-electron chi connectivity index (χ2n) is 6.86. The monoisotopic (exact) mass is 447 g/mol. The van der Waals surface area contributed by atoms with Gasteiger partial charge in [-0.2, -0.15) is 0 Å². The van der Waals surface area contributed by atoms with Gasteiger partial charge in [0.15, 0.2) is 5.06 Å². The van der Waals surface area contributed by atoms with Gasteiger partial charge >= 0.3 is 5.97 Å². The summed E-state index contributed by atoms with van der Waals surface area (Å²) in [6, 6.07) is 7.63. The number of aliphatic hydroxyl groups is 1. The van der Waals surface area contributed by atoms with Gasteiger partial charge in [-0.15, -0.1) is 5.92 Å². The van der Waals surface area contributed by atoms with E-state index in [1.807, 2.05) is 24.3 Å². The third kappa shape index (κ3) is 5.76. The van der Waals surface area contributed by atoms with Crippen LogP contribution >= 0.6 is 22.9 Å². The van der Waals surface area contributed by atoms with Gasteiger partial charge in [0.1, 0.15) is 17.7 Å². The zero-order chi connectivity index (χ0) is 21.5. The highest BCUT2D eigenvalue weighted by Gasteiger charge is 2.33. The summed E-state index contributed by atoms with van der Waals surface area (Å²) in [4.78, 5) is 23.8. The fourth-order valence-corrected chi connectivity index (χ4v) is 4.32. The molecule has 2 aromatic rings. The van der Waals surface area contributed by atoms with E-state index in [0.717, 1.165) is 10.1 Å². The smallest absolute Gasteiger partial charge is 0.303 e. The molecule has 1 amide bonds. The van der Waals surface area contributed by atoms with E-state index >= 15 is 0 Å². The number of aliphatic hydroxyl groups excluding tert-OH is 1.